The van der Waals surface area contributed by atoms with Crippen molar-refractivity contribution in [2.24, 2.45) is 0 Å². The van der Waals surface area contributed by atoms with Crippen molar-refractivity contribution in [2.45, 2.75) is 32.6 Å². The molecule has 0 radical (unpaired) electrons. The fourth-order valence-electron chi connectivity index (χ4n) is 1.29. The molecule has 2 heteroatoms. The molecule has 1 aromatic carbocycles. The Kier molecular flexibility index (Phi) is 3.59. The number of halogens is 1. The average molecular weight is 257 g/mol. The SMILES string of the molecule is CCC(C)(C)c1ccc(OC)c(Br)c1. The minimum absolute atomic E-state index is 0.231. The van der Waals surface area contributed by atoms with E-state index in [9.17, 15) is 0 Å². The maximum Gasteiger partial charge on any atom is 0.133 e. The number of rotatable bonds is 3. The van der Waals surface area contributed by atoms with Gasteiger partial charge in [-0.3, -0.25) is 0 Å². The third kappa shape index (κ3) is 2.30. The van der Waals surface area contributed by atoms with Gasteiger partial charge in [-0.15, -0.1) is 0 Å². The summed E-state index contributed by atoms with van der Waals surface area (Å²) in [6, 6.07) is 6.28. The van der Waals surface area contributed by atoms with Gasteiger partial charge in [0.05, 0.1) is 11.6 Å². The smallest absolute Gasteiger partial charge is 0.133 e. The van der Waals surface area contributed by atoms with Crippen LogP contribution in [-0.4, -0.2) is 7.11 Å². The van der Waals surface area contributed by atoms with Crippen LogP contribution in [0.25, 0.3) is 0 Å². The molecule has 0 aliphatic carbocycles. The summed E-state index contributed by atoms with van der Waals surface area (Å²) < 4.78 is 6.23. The highest BCUT2D eigenvalue weighted by atomic mass is 79.9. The molecule has 0 N–H and O–H groups in total. The molecule has 0 spiro atoms. The van der Waals surface area contributed by atoms with E-state index in [0.29, 0.717) is 0 Å². The zero-order valence-corrected chi connectivity index (χ0v) is 10.8. The molecular formula is C12H17BrO. The molecular weight excluding hydrogens is 240 g/mol. The Balaban J connectivity index is 3.08. The number of benzene rings is 1. The summed E-state index contributed by atoms with van der Waals surface area (Å²) in [6.45, 7) is 6.71. The molecule has 1 nitrogen and oxygen atoms in total. The molecule has 78 valence electrons. The van der Waals surface area contributed by atoms with Gasteiger partial charge in [-0.1, -0.05) is 26.8 Å². The summed E-state index contributed by atoms with van der Waals surface area (Å²) in [5.74, 6) is 0.889. The Bertz CT molecular complexity index is 318. The van der Waals surface area contributed by atoms with Crippen molar-refractivity contribution in [1.82, 2.24) is 0 Å². The molecule has 0 heterocycles. The normalized spacial score (nSPS) is 11.5. The van der Waals surface area contributed by atoms with E-state index in [0.717, 1.165) is 16.6 Å². The Morgan fingerprint density at radius 1 is 1.36 bits per heavy atom. The fourth-order valence-corrected chi connectivity index (χ4v) is 1.83. The van der Waals surface area contributed by atoms with Crippen LogP contribution in [0.2, 0.25) is 0 Å². The van der Waals surface area contributed by atoms with Crippen LogP contribution >= 0.6 is 15.9 Å². The van der Waals surface area contributed by atoms with Gasteiger partial charge in [0.1, 0.15) is 5.75 Å². The third-order valence-corrected chi connectivity index (χ3v) is 3.44. The highest BCUT2D eigenvalue weighted by molar-refractivity contribution is 9.10. The van der Waals surface area contributed by atoms with E-state index < -0.39 is 0 Å². The van der Waals surface area contributed by atoms with Crippen LogP contribution in [0.3, 0.4) is 0 Å². The van der Waals surface area contributed by atoms with Crippen molar-refractivity contribution in [3.8, 4) is 5.75 Å². The maximum absolute atomic E-state index is 5.20. The van der Waals surface area contributed by atoms with E-state index in [1.165, 1.54) is 5.56 Å². The van der Waals surface area contributed by atoms with Gasteiger partial charge >= 0.3 is 0 Å². The van der Waals surface area contributed by atoms with Crippen molar-refractivity contribution >= 4 is 15.9 Å². The van der Waals surface area contributed by atoms with Gasteiger partial charge < -0.3 is 4.74 Å². The lowest BCUT2D eigenvalue weighted by molar-refractivity contribution is 0.411. The second kappa shape index (κ2) is 4.35. The largest absolute Gasteiger partial charge is 0.496 e. The van der Waals surface area contributed by atoms with Gasteiger partial charge in [-0.2, -0.15) is 0 Å². The first kappa shape index (κ1) is 11.6. The summed E-state index contributed by atoms with van der Waals surface area (Å²) in [4.78, 5) is 0. The first-order valence-electron chi connectivity index (χ1n) is 4.85. The Hall–Kier alpha value is -0.500. The van der Waals surface area contributed by atoms with Crippen molar-refractivity contribution in [3.05, 3.63) is 28.2 Å². The molecule has 14 heavy (non-hydrogen) atoms. The van der Waals surface area contributed by atoms with E-state index in [2.05, 4.69) is 48.8 Å². The second-order valence-electron chi connectivity index (χ2n) is 4.09. The van der Waals surface area contributed by atoms with Crippen molar-refractivity contribution in [3.63, 3.8) is 0 Å². The molecule has 0 amide bonds. The van der Waals surface area contributed by atoms with E-state index in [-0.39, 0.29) is 5.41 Å². The first-order chi connectivity index (χ1) is 6.51. The summed E-state index contributed by atoms with van der Waals surface area (Å²) in [6.07, 6.45) is 1.13. The third-order valence-electron chi connectivity index (χ3n) is 2.82. The topological polar surface area (TPSA) is 9.23 Å². The lowest BCUT2D eigenvalue weighted by Gasteiger charge is -2.23. The molecule has 0 saturated carbocycles. The zero-order valence-electron chi connectivity index (χ0n) is 9.23. The highest BCUT2D eigenvalue weighted by Crippen LogP contribution is 2.33. The van der Waals surface area contributed by atoms with Crippen LogP contribution in [0.1, 0.15) is 32.8 Å². The summed E-state index contributed by atoms with van der Waals surface area (Å²) >= 11 is 3.50. The van der Waals surface area contributed by atoms with Crippen LogP contribution in [-0.2, 0) is 5.41 Å². The lowest BCUT2D eigenvalue weighted by Crippen LogP contribution is -2.15. The van der Waals surface area contributed by atoms with Gasteiger partial charge in [0.2, 0.25) is 0 Å². The molecule has 1 rings (SSSR count). The quantitative estimate of drug-likeness (QED) is 0.790. The monoisotopic (exact) mass is 256 g/mol. The van der Waals surface area contributed by atoms with E-state index in [4.69, 9.17) is 4.74 Å². The maximum atomic E-state index is 5.20. The van der Waals surface area contributed by atoms with Crippen molar-refractivity contribution in [2.75, 3.05) is 7.11 Å². The Labute approximate surface area is 94.6 Å². The van der Waals surface area contributed by atoms with Crippen molar-refractivity contribution in [1.29, 1.82) is 0 Å². The number of hydrogen-bond acceptors (Lipinski definition) is 1. The van der Waals surface area contributed by atoms with E-state index >= 15 is 0 Å². The molecule has 0 atom stereocenters. The molecule has 1 aromatic rings. The molecule has 0 bridgehead atoms. The minimum Gasteiger partial charge on any atom is -0.496 e. The van der Waals surface area contributed by atoms with Gasteiger partial charge in [-0.25, -0.2) is 0 Å². The van der Waals surface area contributed by atoms with Gasteiger partial charge in [-0.05, 0) is 45.5 Å². The van der Waals surface area contributed by atoms with Gasteiger partial charge in [0, 0.05) is 0 Å². The molecule has 0 unspecified atom stereocenters. The van der Waals surface area contributed by atoms with E-state index in [1.807, 2.05) is 6.07 Å². The summed E-state index contributed by atoms with van der Waals surface area (Å²) in [7, 11) is 1.69. The van der Waals surface area contributed by atoms with Gasteiger partial charge in [0.25, 0.3) is 0 Å². The van der Waals surface area contributed by atoms with Crippen LogP contribution < -0.4 is 4.74 Å². The lowest BCUT2D eigenvalue weighted by atomic mass is 9.82. The molecule has 0 aromatic heterocycles. The molecule has 0 fully saturated rings. The number of ether oxygens (including phenoxy) is 1. The van der Waals surface area contributed by atoms with Crippen LogP contribution in [0.5, 0.6) is 5.75 Å². The van der Waals surface area contributed by atoms with Crippen molar-refractivity contribution < 1.29 is 4.74 Å². The fraction of sp³-hybridized carbons (Fsp3) is 0.500. The summed E-state index contributed by atoms with van der Waals surface area (Å²) in [5.41, 5.74) is 1.57. The minimum atomic E-state index is 0.231. The van der Waals surface area contributed by atoms with Crippen LogP contribution in [0, 0.1) is 0 Å². The standard InChI is InChI=1S/C12H17BrO/c1-5-12(2,3)9-6-7-11(14-4)10(13)8-9/h6-8H,5H2,1-4H3. The summed E-state index contributed by atoms with van der Waals surface area (Å²) in [5, 5.41) is 0. The highest BCUT2D eigenvalue weighted by Gasteiger charge is 2.18. The molecule has 0 aliphatic rings. The van der Waals surface area contributed by atoms with Gasteiger partial charge in [0.15, 0.2) is 0 Å². The second-order valence-corrected chi connectivity index (χ2v) is 4.94. The first-order valence-corrected chi connectivity index (χ1v) is 5.64. The molecule has 0 saturated heterocycles. The van der Waals surface area contributed by atoms with Crippen LogP contribution in [0.4, 0.5) is 0 Å². The van der Waals surface area contributed by atoms with E-state index in [1.54, 1.807) is 7.11 Å². The zero-order chi connectivity index (χ0) is 10.8. The number of methoxy groups -OCH3 is 1. The Morgan fingerprint density at radius 2 is 2.00 bits per heavy atom. The van der Waals surface area contributed by atoms with Crippen LogP contribution in [0.15, 0.2) is 22.7 Å². The average Bonchev–Trinajstić information content (AvgIpc) is 2.17. The predicted molar refractivity (Wildman–Crippen MR) is 64.0 cm³/mol. The predicted octanol–water partition coefficient (Wildman–Crippen LogP) is 4.15. The number of hydrogen-bond donors (Lipinski definition) is 0. The Morgan fingerprint density at radius 3 is 2.43 bits per heavy atom. The molecule has 0 aliphatic heterocycles.